The molecule has 6 atom stereocenters. The fraction of sp³-hybridized carbons (Fsp3) is 0.444. The van der Waals surface area contributed by atoms with Crippen LogP contribution in [0.2, 0.25) is 0 Å². The fourth-order valence-electron chi connectivity index (χ4n) is 6.12. The van der Waals surface area contributed by atoms with Crippen LogP contribution in [0, 0.1) is 29.6 Å². The van der Waals surface area contributed by atoms with Gasteiger partial charge in [0, 0.05) is 23.6 Å². The molecule has 0 N–H and O–H groups in total. The van der Waals surface area contributed by atoms with Gasteiger partial charge in [0.2, 0.25) is 0 Å². The second-order valence-corrected chi connectivity index (χ2v) is 9.64. The number of carbonyl (C=O) groups excluding carboxylic acids is 2. The molecule has 3 fully saturated rings. The molecule has 2 heterocycles. The zero-order valence-corrected chi connectivity index (χ0v) is 18.8. The predicted octanol–water partition coefficient (Wildman–Crippen LogP) is 5.96. The highest BCUT2D eigenvalue weighted by Gasteiger charge is 2.58. The van der Waals surface area contributed by atoms with Crippen molar-refractivity contribution in [2.75, 3.05) is 0 Å². The highest BCUT2D eigenvalue weighted by Crippen LogP contribution is 2.51. The van der Waals surface area contributed by atoms with Crippen LogP contribution < -0.4 is 0 Å². The molecule has 4 nitrogen and oxygen atoms in total. The summed E-state index contributed by atoms with van der Waals surface area (Å²) in [5, 5.41) is 0. The minimum atomic E-state index is -4.40. The second kappa shape index (κ2) is 8.67. The second-order valence-electron chi connectivity index (χ2n) is 9.64. The number of ether oxygens (including phenoxy) is 1. The Balaban J connectivity index is 1.40. The molecule has 2 saturated carbocycles. The number of hydrogen-bond acceptors (Lipinski definition) is 4. The molecule has 0 bridgehead atoms. The van der Waals surface area contributed by atoms with Gasteiger partial charge in [-0.1, -0.05) is 37.1 Å². The number of fused-ring (bicyclic) bond motifs is 2. The van der Waals surface area contributed by atoms with Crippen molar-refractivity contribution < 1.29 is 27.5 Å². The van der Waals surface area contributed by atoms with E-state index in [2.05, 4.69) is 11.1 Å². The predicted molar refractivity (Wildman–Crippen MR) is 120 cm³/mol. The van der Waals surface area contributed by atoms with Crippen LogP contribution >= 0.6 is 0 Å². The standard InChI is InChI=1S/C27H26F3NO3/c1-15-23-21(20-7-2-3-8-22(20)25(32)24(23)26(33)34-15)12-11-19-10-9-17(14-31-19)16-5-4-6-18(13-16)27(28,29)30/h4-6,9-15,20-24H,2-3,7-8H2,1H3/b12-11+/t15-,20+,21-,22-,23+,24+/m1/s1. The lowest BCUT2D eigenvalue weighted by Gasteiger charge is -2.44. The maximum absolute atomic E-state index is 13.1. The van der Waals surface area contributed by atoms with Crippen molar-refractivity contribution in [1.82, 2.24) is 4.98 Å². The van der Waals surface area contributed by atoms with Gasteiger partial charge in [0.1, 0.15) is 12.0 Å². The Kier molecular flexibility index (Phi) is 5.82. The van der Waals surface area contributed by atoms with Crippen LogP contribution in [-0.2, 0) is 20.5 Å². The molecular formula is C27H26F3NO3. The van der Waals surface area contributed by atoms with Gasteiger partial charge in [0.05, 0.1) is 11.3 Å². The van der Waals surface area contributed by atoms with E-state index in [1.54, 1.807) is 24.4 Å². The quantitative estimate of drug-likeness (QED) is 0.411. The average Bonchev–Trinajstić information content (AvgIpc) is 3.13. The summed E-state index contributed by atoms with van der Waals surface area (Å²) < 4.78 is 44.6. The summed E-state index contributed by atoms with van der Waals surface area (Å²) in [6.45, 7) is 1.86. The van der Waals surface area contributed by atoms with Crippen LogP contribution in [0.5, 0.6) is 0 Å². The number of Topliss-reactive ketones (excluding diaryl/α,β-unsaturated/α-hetero) is 1. The van der Waals surface area contributed by atoms with E-state index in [4.69, 9.17) is 4.74 Å². The van der Waals surface area contributed by atoms with Crippen LogP contribution in [0.25, 0.3) is 17.2 Å². The topological polar surface area (TPSA) is 56.3 Å². The number of aromatic nitrogens is 1. The number of halogens is 3. The van der Waals surface area contributed by atoms with Crippen molar-refractivity contribution in [1.29, 1.82) is 0 Å². The van der Waals surface area contributed by atoms with E-state index in [-0.39, 0.29) is 35.6 Å². The van der Waals surface area contributed by atoms with E-state index in [0.717, 1.165) is 37.8 Å². The van der Waals surface area contributed by atoms with E-state index in [0.29, 0.717) is 16.8 Å². The number of pyridine rings is 1. The van der Waals surface area contributed by atoms with E-state index >= 15 is 0 Å². The first-order chi connectivity index (χ1) is 16.2. The summed E-state index contributed by atoms with van der Waals surface area (Å²) >= 11 is 0. The zero-order valence-electron chi connectivity index (χ0n) is 18.8. The number of alkyl halides is 3. The van der Waals surface area contributed by atoms with Gasteiger partial charge in [-0.05, 0) is 61.4 Å². The Morgan fingerprint density at radius 1 is 1.06 bits per heavy atom. The molecule has 178 valence electrons. The van der Waals surface area contributed by atoms with Gasteiger partial charge in [-0.3, -0.25) is 14.6 Å². The van der Waals surface area contributed by atoms with Gasteiger partial charge < -0.3 is 4.74 Å². The molecule has 5 rings (SSSR count). The number of esters is 1. The zero-order chi connectivity index (χ0) is 24.0. The van der Waals surface area contributed by atoms with Crippen LogP contribution in [0.15, 0.2) is 48.7 Å². The van der Waals surface area contributed by atoms with E-state index in [1.165, 1.54) is 6.07 Å². The monoisotopic (exact) mass is 469 g/mol. The first-order valence-electron chi connectivity index (χ1n) is 11.8. The molecule has 1 aromatic carbocycles. The number of ketones is 1. The highest BCUT2D eigenvalue weighted by atomic mass is 19.4. The molecule has 0 spiro atoms. The molecule has 2 aliphatic carbocycles. The van der Waals surface area contributed by atoms with Gasteiger partial charge in [0.15, 0.2) is 5.78 Å². The van der Waals surface area contributed by atoms with Crippen molar-refractivity contribution >= 4 is 17.8 Å². The number of allylic oxidation sites excluding steroid dienone is 1. The van der Waals surface area contributed by atoms with E-state index in [9.17, 15) is 22.8 Å². The number of hydrogen-bond donors (Lipinski definition) is 0. The lowest BCUT2D eigenvalue weighted by molar-refractivity contribution is -0.149. The summed E-state index contributed by atoms with van der Waals surface area (Å²) in [4.78, 5) is 29.9. The Morgan fingerprint density at radius 2 is 1.85 bits per heavy atom. The van der Waals surface area contributed by atoms with Gasteiger partial charge in [-0.15, -0.1) is 0 Å². The number of cyclic esters (lactones) is 1. The molecule has 3 aliphatic rings. The highest BCUT2D eigenvalue weighted by molar-refractivity contribution is 6.02. The van der Waals surface area contributed by atoms with Gasteiger partial charge in [0.25, 0.3) is 0 Å². The summed E-state index contributed by atoms with van der Waals surface area (Å²) in [6.07, 6.45) is 4.68. The molecular weight excluding hydrogens is 443 g/mol. The molecule has 0 radical (unpaired) electrons. The minimum absolute atomic E-state index is 0.0411. The Bertz CT molecular complexity index is 1120. The third-order valence-corrected chi connectivity index (χ3v) is 7.71. The first kappa shape index (κ1) is 22.8. The molecule has 0 amide bonds. The van der Waals surface area contributed by atoms with Crippen LogP contribution in [-0.4, -0.2) is 22.8 Å². The van der Waals surface area contributed by atoms with E-state index in [1.807, 2.05) is 13.0 Å². The average molecular weight is 470 g/mol. The SMILES string of the molecule is C[C@H]1OC(=O)[C@@H]2C(=O)[C@@H]3CCCC[C@H]3[C@@H](/C=C/c3ccc(-c4cccc(C(F)(F)F)c4)cn3)[C@@H]21. The molecule has 2 aromatic rings. The normalized spacial score (nSPS) is 31.3. The molecule has 1 aliphatic heterocycles. The van der Waals surface area contributed by atoms with E-state index < -0.39 is 23.6 Å². The molecule has 0 unspecified atom stereocenters. The third kappa shape index (κ3) is 4.05. The Morgan fingerprint density at radius 3 is 2.59 bits per heavy atom. The number of rotatable bonds is 3. The maximum atomic E-state index is 13.1. The van der Waals surface area contributed by atoms with Gasteiger partial charge >= 0.3 is 12.1 Å². The van der Waals surface area contributed by atoms with Crippen molar-refractivity contribution in [2.24, 2.45) is 29.6 Å². The van der Waals surface area contributed by atoms with Crippen LogP contribution in [0.3, 0.4) is 0 Å². The number of nitrogens with zero attached hydrogens (tertiary/aromatic N) is 1. The van der Waals surface area contributed by atoms with Gasteiger partial charge in [-0.25, -0.2) is 0 Å². The number of carbonyl (C=O) groups is 2. The Hall–Kier alpha value is -2.96. The lowest BCUT2D eigenvalue weighted by Crippen LogP contribution is -2.49. The number of benzene rings is 1. The smallest absolute Gasteiger partial charge is 0.416 e. The fourth-order valence-corrected chi connectivity index (χ4v) is 6.12. The molecule has 1 aromatic heterocycles. The lowest BCUT2D eigenvalue weighted by atomic mass is 9.57. The minimum Gasteiger partial charge on any atom is -0.462 e. The van der Waals surface area contributed by atoms with Crippen LogP contribution in [0.1, 0.15) is 43.9 Å². The Labute approximate surface area is 196 Å². The summed E-state index contributed by atoms with van der Waals surface area (Å²) in [5.74, 6) is -1.05. The van der Waals surface area contributed by atoms with Gasteiger partial charge in [-0.2, -0.15) is 13.2 Å². The first-order valence-corrected chi connectivity index (χ1v) is 11.8. The summed E-state index contributed by atoms with van der Waals surface area (Å²) in [5.41, 5.74) is 1.03. The maximum Gasteiger partial charge on any atom is 0.416 e. The summed E-state index contributed by atoms with van der Waals surface area (Å²) in [7, 11) is 0. The van der Waals surface area contributed by atoms with Crippen molar-refractivity contribution in [3.63, 3.8) is 0 Å². The largest absolute Gasteiger partial charge is 0.462 e. The third-order valence-electron chi connectivity index (χ3n) is 7.71. The van der Waals surface area contributed by atoms with Crippen molar-refractivity contribution in [3.8, 4) is 11.1 Å². The summed E-state index contributed by atoms with van der Waals surface area (Å²) in [6, 6.07) is 8.71. The molecule has 1 saturated heterocycles. The van der Waals surface area contributed by atoms with Crippen LogP contribution in [0.4, 0.5) is 13.2 Å². The molecule has 7 heteroatoms. The van der Waals surface area contributed by atoms with Crippen molar-refractivity contribution in [2.45, 2.75) is 44.9 Å². The van der Waals surface area contributed by atoms with Crippen molar-refractivity contribution in [3.05, 3.63) is 59.9 Å². The molecule has 34 heavy (non-hydrogen) atoms.